The van der Waals surface area contributed by atoms with Crippen LogP contribution in [0, 0.1) is 6.92 Å². The summed E-state index contributed by atoms with van der Waals surface area (Å²) in [5, 5.41) is 6.67. The van der Waals surface area contributed by atoms with Crippen molar-refractivity contribution in [3.05, 3.63) is 71.6 Å². The van der Waals surface area contributed by atoms with E-state index in [-0.39, 0.29) is 0 Å². The molecule has 0 atom stereocenters. The molecule has 6 heteroatoms. The number of hydrogen-bond donors (Lipinski definition) is 2. The molecule has 0 saturated carbocycles. The molecule has 1 heterocycles. The standard InChI is InChI=1S/C24H30N4O2/c1-4-25-24(26-15-13-19-7-5-6-8-22(19)29-3)27-16-14-21-17-30-23(28-21)20-11-9-18(2)10-12-20/h5-12,17H,4,13-16H2,1-3H3,(H2,25,26,27). The van der Waals surface area contributed by atoms with Gasteiger partial charge in [-0.2, -0.15) is 0 Å². The first-order valence-electron chi connectivity index (χ1n) is 10.3. The lowest BCUT2D eigenvalue weighted by Gasteiger charge is -2.12. The van der Waals surface area contributed by atoms with Crippen molar-refractivity contribution in [2.45, 2.75) is 26.7 Å². The van der Waals surface area contributed by atoms with E-state index < -0.39 is 0 Å². The van der Waals surface area contributed by atoms with Gasteiger partial charge in [0.2, 0.25) is 5.89 Å². The number of para-hydroxylation sites is 1. The molecule has 0 aliphatic carbocycles. The number of ether oxygens (including phenoxy) is 1. The molecule has 1 aromatic heterocycles. The second-order valence-electron chi connectivity index (χ2n) is 7.01. The summed E-state index contributed by atoms with van der Waals surface area (Å²) < 4.78 is 11.0. The summed E-state index contributed by atoms with van der Waals surface area (Å²) in [7, 11) is 1.70. The maximum atomic E-state index is 5.63. The van der Waals surface area contributed by atoms with Gasteiger partial charge in [-0.15, -0.1) is 0 Å². The zero-order valence-electron chi connectivity index (χ0n) is 17.9. The van der Waals surface area contributed by atoms with Gasteiger partial charge in [-0.1, -0.05) is 35.9 Å². The molecule has 3 aromatic rings. The molecule has 0 fully saturated rings. The van der Waals surface area contributed by atoms with Crippen LogP contribution in [0.4, 0.5) is 0 Å². The first-order chi connectivity index (χ1) is 14.7. The minimum absolute atomic E-state index is 0.629. The zero-order valence-corrected chi connectivity index (χ0v) is 17.9. The van der Waals surface area contributed by atoms with Crippen LogP contribution in [-0.2, 0) is 12.8 Å². The lowest BCUT2D eigenvalue weighted by molar-refractivity contribution is 0.409. The third-order valence-corrected chi connectivity index (χ3v) is 4.71. The Morgan fingerprint density at radius 2 is 1.87 bits per heavy atom. The predicted molar refractivity (Wildman–Crippen MR) is 121 cm³/mol. The van der Waals surface area contributed by atoms with Gasteiger partial charge < -0.3 is 19.8 Å². The number of aliphatic imine (C=N–C) groups is 1. The summed E-state index contributed by atoms with van der Waals surface area (Å²) in [6.45, 7) is 6.33. The molecule has 0 unspecified atom stereocenters. The lowest BCUT2D eigenvalue weighted by atomic mass is 10.1. The van der Waals surface area contributed by atoms with E-state index in [0.29, 0.717) is 12.4 Å². The molecule has 30 heavy (non-hydrogen) atoms. The van der Waals surface area contributed by atoms with Crippen LogP contribution in [0.1, 0.15) is 23.7 Å². The fourth-order valence-electron chi connectivity index (χ4n) is 3.10. The number of nitrogens with zero attached hydrogens (tertiary/aromatic N) is 2. The van der Waals surface area contributed by atoms with Crippen LogP contribution in [0.5, 0.6) is 5.75 Å². The summed E-state index contributed by atoms with van der Waals surface area (Å²) in [5.41, 5.74) is 4.28. The van der Waals surface area contributed by atoms with Crippen LogP contribution in [0.2, 0.25) is 0 Å². The number of aromatic nitrogens is 1. The number of methoxy groups -OCH3 is 1. The monoisotopic (exact) mass is 406 g/mol. The summed E-state index contributed by atoms with van der Waals surface area (Å²) in [4.78, 5) is 9.24. The topological polar surface area (TPSA) is 71.7 Å². The third kappa shape index (κ3) is 6.11. The number of benzene rings is 2. The molecule has 0 aliphatic heterocycles. The molecular weight excluding hydrogens is 376 g/mol. The fraction of sp³-hybridized carbons (Fsp3) is 0.333. The van der Waals surface area contributed by atoms with Crippen molar-refractivity contribution in [3.8, 4) is 17.2 Å². The van der Waals surface area contributed by atoms with Crippen LogP contribution in [0.3, 0.4) is 0 Å². The molecule has 0 radical (unpaired) electrons. The Morgan fingerprint density at radius 3 is 2.63 bits per heavy atom. The Morgan fingerprint density at radius 1 is 1.07 bits per heavy atom. The Balaban J connectivity index is 1.51. The summed E-state index contributed by atoms with van der Waals surface area (Å²) in [6.07, 6.45) is 3.29. The van der Waals surface area contributed by atoms with Crippen LogP contribution in [-0.4, -0.2) is 37.7 Å². The van der Waals surface area contributed by atoms with Gasteiger partial charge in [0.25, 0.3) is 0 Å². The van der Waals surface area contributed by atoms with E-state index in [4.69, 9.17) is 9.15 Å². The second-order valence-corrected chi connectivity index (χ2v) is 7.01. The molecule has 2 N–H and O–H groups in total. The van der Waals surface area contributed by atoms with Gasteiger partial charge in [0, 0.05) is 31.6 Å². The highest BCUT2D eigenvalue weighted by Gasteiger charge is 2.07. The van der Waals surface area contributed by atoms with Crippen molar-refractivity contribution in [2.75, 3.05) is 26.7 Å². The SMILES string of the molecule is CCNC(=NCCc1coc(-c2ccc(C)cc2)n1)NCCc1ccccc1OC. The zero-order chi connectivity index (χ0) is 21.2. The van der Waals surface area contributed by atoms with E-state index in [9.17, 15) is 0 Å². The molecule has 3 rings (SSSR count). The molecule has 0 amide bonds. The highest BCUT2D eigenvalue weighted by atomic mass is 16.5. The third-order valence-electron chi connectivity index (χ3n) is 4.71. The Labute approximate surface area is 178 Å². The van der Waals surface area contributed by atoms with Crippen LogP contribution in [0.25, 0.3) is 11.5 Å². The number of oxazole rings is 1. The smallest absolute Gasteiger partial charge is 0.226 e. The molecular formula is C24H30N4O2. The van der Waals surface area contributed by atoms with Gasteiger partial charge in [0.15, 0.2) is 5.96 Å². The summed E-state index contributed by atoms with van der Waals surface area (Å²) in [6, 6.07) is 16.2. The van der Waals surface area contributed by atoms with E-state index in [1.54, 1.807) is 13.4 Å². The summed E-state index contributed by atoms with van der Waals surface area (Å²) in [5.74, 6) is 2.36. The van der Waals surface area contributed by atoms with Crippen molar-refractivity contribution >= 4 is 5.96 Å². The first kappa shape index (κ1) is 21.4. The number of guanidine groups is 1. The van der Waals surface area contributed by atoms with Gasteiger partial charge in [-0.3, -0.25) is 4.99 Å². The maximum Gasteiger partial charge on any atom is 0.226 e. The average molecular weight is 407 g/mol. The highest BCUT2D eigenvalue weighted by Crippen LogP contribution is 2.19. The van der Waals surface area contributed by atoms with Gasteiger partial charge in [0.1, 0.15) is 12.0 Å². The molecule has 0 aliphatic rings. The van der Waals surface area contributed by atoms with Gasteiger partial charge in [-0.25, -0.2) is 4.98 Å². The Bertz CT molecular complexity index is 948. The molecule has 0 spiro atoms. The van der Waals surface area contributed by atoms with Crippen molar-refractivity contribution in [2.24, 2.45) is 4.99 Å². The van der Waals surface area contributed by atoms with Crippen LogP contribution in [0.15, 0.2) is 64.2 Å². The van der Waals surface area contributed by atoms with E-state index in [0.717, 1.165) is 48.9 Å². The minimum atomic E-state index is 0.629. The van der Waals surface area contributed by atoms with Gasteiger partial charge in [-0.05, 0) is 44.0 Å². The average Bonchev–Trinajstić information content (AvgIpc) is 3.23. The highest BCUT2D eigenvalue weighted by molar-refractivity contribution is 5.79. The Hall–Kier alpha value is -3.28. The van der Waals surface area contributed by atoms with E-state index in [2.05, 4.69) is 52.7 Å². The Kier molecular flexibility index (Phi) is 7.89. The quantitative estimate of drug-likeness (QED) is 0.415. The lowest BCUT2D eigenvalue weighted by Crippen LogP contribution is -2.38. The normalized spacial score (nSPS) is 11.4. The molecule has 2 aromatic carbocycles. The van der Waals surface area contributed by atoms with Gasteiger partial charge >= 0.3 is 0 Å². The van der Waals surface area contributed by atoms with Crippen molar-refractivity contribution in [1.29, 1.82) is 0 Å². The molecule has 0 saturated heterocycles. The second kappa shape index (κ2) is 11.0. The summed E-state index contributed by atoms with van der Waals surface area (Å²) >= 11 is 0. The van der Waals surface area contributed by atoms with Crippen molar-refractivity contribution in [1.82, 2.24) is 15.6 Å². The predicted octanol–water partition coefficient (Wildman–Crippen LogP) is 4.00. The minimum Gasteiger partial charge on any atom is -0.496 e. The number of rotatable bonds is 9. The van der Waals surface area contributed by atoms with Crippen LogP contribution >= 0.6 is 0 Å². The maximum absolute atomic E-state index is 5.63. The van der Waals surface area contributed by atoms with Gasteiger partial charge in [0.05, 0.1) is 12.8 Å². The molecule has 0 bridgehead atoms. The van der Waals surface area contributed by atoms with Crippen LogP contribution < -0.4 is 15.4 Å². The van der Waals surface area contributed by atoms with E-state index >= 15 is 0 Å². The fourth-order valence-corrected chi connectivity index (χ4v) is 3.10. The van der Waals surface area contributed by atoms with E-state index in [1.807, 2.05) is 30.3 Å². The van der Waals surface area contributed by atoms with Crippen molar-refractivity contribution < 1.29 is 9.15 Å². The number of nitrogens with one attached hydrogen (secondary N) is 2. The first-order valence-corrected chi connectivity index (χ1v) is 10.3. The molecule has 6 nitrogen and oxygen atoms in total. The van der Waals surface area contributed by atoms with Crippen molar-refractivity contribution in [3.63, 3.8) is 0 Å². The number of aryl methyl sites for hydroxylation is 1. The van der Waals surface area contributed by atoms with E-state index in [1.165, 1.54) is 11.1 Å². The molecule has 158 valence electrons. The largest absolute Gasteiger partial charge is 0.496 e. The number of hydrogen-bond acceptors (Lipinski definition) is 4.